The second kappa shape index (κ2) is 3.33. The third-order valence-electron chi connectivity index (χ3n) is 2.64. The Morgan fingerprint density at radius 2 is 2.07 bits per heavy atom. The van der Waals surface area contributed by atoms with Gasteiger partial charge in [0.1, 0.15) is 5.76 Å². The first-order valence-electron chi connectivity index (χ1n) is 4.67. The Balaban J connectivity index is 2.09. The third-order valence-corrected chi connectivity index (χ3v) is 2.64. The second-order valence-electron chi connectivity index (χ2n) is 3.66. The first-order chi connectivity index (χ1) is 6.57. The molecule has 78 valence electrons. The first-order valence-corrected chi connectivity index (χ1v) is 4.67. The van der Waals surface area contributed by atoms with Crippen molar-refractivity contribution in [2.24, 2.45) is 5.92 Å². The van der Waals surface area contributed by atoms with Gasteiger partial charge in [-0.1, -0.05) is 12.2 Å². The van der Waals surface area contributed by atoms with Crippen molar-refractivity contribution in [3.63, 3.8) is 0 Å². The molecule has 1 heterocycles. The summed E-state index contributed by atoms with van der Waals surface area (Å²) < 4.78 is 41.9. The van der Waals surface area contributed by atoms with Crippen molar-refractivity contribution in [2.45, 2.75) is 31.5 Å². The normalized spacial score (nSPS) is 31.8. The van der Waals surface area contributed by atoms with Gasteiger partial charge >= 0.3 is 6.18 Å². The van der Waals surface area contributed by atoms with Crippen LogP contribution in [0.4, 0.5) is 13.2 Å². The fraction of sp³-hybridized carbons (Fsp3) is 0.600. The molecule has 1 aliphatic heterocycles. The van der Waals surface area contributed by atoms with Gasteiger partial charge in [-0.15, -0.1) is 0 Å². The molecule has 1 fully saturated rings. The molecule has 0 aromatic rings. The molecular weight excluding hydrogens is 193 g/mol. The van der Waals surface area contributed by atoms with Crippen LogP contribution >= 0.6 is 0 Å². The van der Waals surface area contributed by atoms with E-state index in [4.69, 9.17) is 4.74 Å². The van der Waals surface area contributed by atoms with Gasteiger partial charge < -0.3 is 4.74 Å². The minimum Gasteiger partial charge on any atom is -0.485 e. The number of fused-ring (bicyclic) bond motifs is 1. The summed E-state index contributed by atoms with van der Waals surface area (Å²) in [6, 6.07) is 0. The van der Waals surface area contributed by atoms with E-state index < -0.39 is 12.3 Å². The molecule has 1 saturated heterocycles. The van der Waals surface area contributed by atoms with Crippen LogP contribution in [-0.2, 0) is 4.74 Å². The zero-order valence-electron chi connectivity index (χ0n) is 7.55. The average Bonchev–Trinajstić information content (AvgIpc) is 2.16. The standard InChI is InChI=1S/C10H11F3O/c11-10(12,13)9-6-5-7-3-1-2-4-8(7)14-9/h1-2,4,7,9H,3,5-6H2. The summed E-state index contributed by atoms with van der Waals surface area (Å²) in [6.45, 7) is 0. The largest absolute Gasteiger partial charge is 0.485 e. The highest BCUT2D eigenvalue weighted by atomic mass is 19.4. The molecule has 2 atom stereocenters. The molecule has 0 spiro atoms. The Labute approximate surface area is 80.2 Å². The summed E-state index contributed by atoms with van der Waals surface area (Å²) in [6.07, 6.45) is 0.988. The van der Waals surface area contributed by atoms with Gasteiger partial charge in [-0.25, -0.2) is 0 Å². The van der Waals surface area contributed by atoms with Crippen LogP contribution in [0.2, 0.25) is 0 Å². The smallest absolute Gasteiger partial charge is 0.425 e. The van der Waals surface area contributed by atoms with E-state index >= 15 is 0 Å². The van der Waals surface area contributed by atoms with Crippen molar-refractivity contribution < 1.29 is 17.9 Å². The second-order valence-corrected chi connectivity index (χ2v) is 3.66. The zero-order chi connectivity index (χ0) is 10.2. The van der Waals surface area contributed by atoms with E-state index in [1.54, 1.807) is 12.2 Å². The van der Waals surface area contributed by atoms with Gasteiger partial charge in [0.05, 0.1) is 0 Å². The Bertz CT molecular complexity index is 278. The molecule has 0 aromatic heterocycles. The van der Waals surface area contributed by atoms with E-state index in [2.05, 4.69) is 0 Å². The van der Waals surface area contributed by atoms with Gasteiger partial charge in [-0.05, 0) is 25.3 Å². The molecule has 1 aliphatic carbocycles. The monoisotopic (exact) mass is 204 g/mol. The summed E-state index contributed by atoms with van der Waals surface area (Å²) in [5, 5.41) is 0. The van der Waals surface area contributed by atoms with Crippen LogP contribution in [0.15, 0.2) is 24.0 Å². The lowest BCUT2D eigenvalue weighted by molar-refractivity contribution is -0.221. The predicted octanol–water partition coefficient (Wildman–Crippen LogP) is 3.19. The molecular formula is C10H11F3O. The molecule has 0 radical (unpaired) electrons. The summed E-state index contributed by atoms with van der Waals surface area (Å²) in [7, 11) is 0. The van der Waals surface area contributed by atoms with Crippen LogP contribution in [0, 0.1) is 5.92 Å². The van der Waals surface area contributed by atoms with Gasteiger partial charge in [0, 0.05) is 5.92 Å². The van der Waals surface area contributed by atoms with Gasteiger partial charge in [0.2, 0.25) is 0 Å². The Morgan fingerprint density at radius 3 is 2.79 bits per heavy atom. The van der Waals surface area contributed by atoms with Crippen LogP contribution in [0.5, 0.6) is 0 Å². The molecule has 2 unspecified atom stereocenters. The highest BCUT2D eigenvalue weighted by Crippen LogP contribution is 2.38. The molecule has 0 saturated carbocycles. The van der Waals surface area contributed by atoms with Crippen LogP contribution in [0.3, 0.4) is 0 Å². The SMILES string of the molecule is FC(F)(F)C1CCC2CC=CC=C2O1. The Morgan fingerprint density at radius 1 is 1.29 bits per heavy atom. The maximum Gasteiger partial charge on any atom is 0.425 e. The number of halogens is 3. The quantitative estimate of drug-likeness (QED) is 0.588. The molecule has 0 N–H and O–H groups in total. The van der Waals surface area contributed by atoms with Crippen LogP contribution in [-0.4, -0.2) is 12.3 Å². The Kier molecular flexibility index (Phi) is 2.29. The van der Waals surface area contributed by atoms with E-state index in [0.29, 0.717) is 12.2 Å². The maximum absolute atomic E-state index is 12.3. The first kappa shape index (κ1) is 9.62. The van der Waals surface area contributed by atoms with E-state index in [1.165, 1.54) is 0 Å². The maximum atomic E-state index is 12.3. The summed E-state index contributed by atoms with van der Waals surface area (Å²) >= 11 is 0. The molecule has 1 nitrogen and oxygen atoms in total. The molecule has 0 aromatic carbocycles. The lowest BCUT2D eigenvalue weighted by Gasteiger charge is -2.33. The van der Waals surface area contributed by atoms with Crippen LogP contribution < -0.4 is 0 Å². The fourth-order valence-electron chi connectivity index (χ4n) is 1.86. The number of hydrogen-bond donors (Lipinski definition) is 0. The van der Waals surface area contributed by atoms with E-state index in [1.807, 2.05) is 6.08 Å². The van der Waals surface area contributed by atoms with Crippen LogP contribution in [0.1, 0.15) is 19.3 Å². The summed E-state index contributed by atoms with van der Waals surface area (Å²) in [4.78, 5) is 0. The molecule has 14 heavy (non-hydrogen) atoms. The Hall–Kier alpha value is -0.930. The molecule has 0 amide bonds. The van der Waals surface area contributed by atoms with E-state index in [-0.39, 0.29) is 12.3 Å². The highest BCUT2D eigenvalue weighted by molar-refractivity contribution is 5.18. The number of ether oxygens (including phenoxy) is 1. The number of allylic oxidation sites excluding steroid dienone is 4. The fourth-order valence-corrected chi connectivity index (χ4v) is 1.86. The van der Waals surface area contributed by atoms with Crippen molar-refractivity contribution in [1.29, 1.82) is 0 Å². The van der Waals surface area contributed by atoms with Crippen molar-refractivity contribution in [1.82, 2.24) is 0 Å². The molecule has 4 heteroatoms. The van der Waals surface area contributed by atoms with Gasteiger partial charge in [-0.2, -0.15) is 13.2 Å². The third kappa shape index (κ3) is 1.79. The van der Waals surface area contributed by atoms with E-state index in [9.17, 15) is 13.2 Å². The zero-order valence-corrected chi connectivity index (χ0v) is 7.55. The molecule has 2 aliphatic rings. The lowest BCUT2D eigenvalue weighted by atomic mass is 9.89. The van der Waals surface area contributed by atoms with Gasteiger partial charge in [-0.3, -0.25) is 0 Å². The molecule has 0 bridgehead atoms. The van der Waals surface area contributed by atoms with Gasteiger partial charge in [0.25, 0.3) is 0 Å². The van der Waals surface area contributed by atoms with Crippen LogP contribution in [0.25, 0.3) is 0 Å². The predicted molar refractivity (Wildman–Crippen MR) is 45.5 cm³/mol. The lowest BCUT2D eigenvalue weighted by Crippen LogP contribution is -2.36. The van der Waals surface area contributed by atoms with Crippen molar-refractivity contribution in [2.75, 3.05) is 0 Å². The molecule has 2 rings (SSSR count). The van der Waals surface area contributed by atoms with Crippen molar-refractivity contribution in [3.8, 4) is 0 Å². The topological polar surface area (TPSA) is 9.23 Å². The number of rotatable bonds is 0. The van der Waals surface area contributed by atoms with Crippen molar-refractivity contribution in [3.05, 3.63) is 24.0 Å². The summed E-state index contributed by atoms with van der Waals surface area (Å²) in [5.41, 5.74) is 0. The minimum absolute atomic E-state index is 0.0827. The number of alkyl halides is 3. The minimum atomic E-state index is -4.23. The average molecular weight is 204 g/mol. The highest BCUT2D eigenvalue weighted by Gasteiger charge is 2.45. The van der Waals surface area contributed by atoms with Crippen molar-refractivity contribution >= 4 is 0 Å². The van der Waals surface area contributed by atoms with E-state index in [0.717, 1.165) is 6.42 Å². The number of hydrogen-bond acceptors (Lipinski definition) is 1. The van der Waals surface area contributed by atoms with Gasteiger partial charge in [0.15, 0.2) is 6.10 Å². The summed E-state index contributed by atoms with van der Waals surface area (Å²) in [5.74, 6) is 0.666.